The quantitative estimate of drug-likeness (QED) is 0.864. The Balaban J connectivity index is 1.96. The van der Waals surface area contributed by atoms with Crippen LogP contribution in [-0.2, 0) is 4.79 Å². The molecule has 8 heteroatoms. The maximum Gasteiger partial charge on any atom is 0.338 e. The van der Waals surface area contributed by atoms with Gasteiger partial charge in [-0.2, -0.15) is 0 Å². The van der Waals surface area contributed by atoms with Gasteiger partial charge in [-0.05, 0) is 29.6 Å². The van der Waals surface area contributed by atoms with Crippen LogP contribution in [0, 0.1) is 0 Å². The molecule has 0 spiro atoms. The summed E-state index contributed by atoms with van der Waals surface area (Å²) in [5.41, 5.74) is 0.0397. The SMILES string of the molecule is O=C(COc1ccc(Cl)cc1Cl)Nc1sccc1C(=O)O. The molecule has 0 radical (unpaired) electrons. The van der Waals surface area contributed by atoms with Crippen molar-refractivity contribution in [2.24, 2.45) is 0 Å². The second-order valence-corrected chi connectivity index (χ2v) is 5.64. The number of aromatic carboxylic acids is 1. The molecule has 1 heterocycles. The highest BCUT2D eigenvalue weighted by atomic mass is 35.5. The Bertz CT molecular complexity index is 687. The lowest BCUT2D eigenvalue weighted by molar-refractivity contribution is -0.118. The predicted octanol–water partition coefficient (Wildman–Crippen LogP) is 3.77. The minimum atomic E-state index is -1.10. The number of nitrogens with one attached hydrogen (secondary N) is 1. The van der Waals surface area contributed by atoms with Gasteiger partial charge in [0.25, 0.3) is 5.91 Å². The van der Waals surface area contributed by atoms with E-state index < -0.39 is 11.9 Å². The van der Waals surface area contributed by atoms with Crippen molar-refractivity contribution in [1.29, 1.82) is 0 Å². The van der Waals surface area contributed by atoms with Gasteiger partial charge in [0.2, 0.25) is 0 Å². The average Bonchev–Trinajstić information content (AvgIpc) is 2.86. The molecule has 5 nitrogen and oxygen atoms in total. The summed E-state index contributed by atoms with van der Waals surface area (Å²) in [6, 6.07) is 6.05. The molecule has 0 aliphatic heterocycles. The van der Waals surface area contributed by atoms with Gasteiger partial charge in [0.15, 0.2) is 6.61 Å². The summed E-state index contributed by atoms with van der Waals surface area (Å²) < 4.78 is 5.26. The number of carboxylic acid groups (broad SMARTS) is 1. The minimum absolute atomic E-state index is 0.0397. The predicted molar refractivity (Wildman–Crippen MR) is 81.9 cm³/mol. The van der Waals surface area contributed by atoms with Crippen molar-refractivity contribution in [1.82, 2.24) is 0 Å². The van der Waals surface area contributed by atoms with Crippen LogP contribution in [0.5, 0.6) is 5.75 Å². The number of halogens is 2. The Morgan fingerprint density at radius 2 is 2.05 bits per heavy atom. The van der Waals surface area contributed by atoms with E-state index in [9.17, 15) is 9.59 Å². The molecule has 1 aromatic carbocycles. The fourth-order valence-corrected chi connectivity index (χ4v) is 2.73. The number of hydrogen-bond donors (Lipinski definition) is 2. The van der Waals surface area contributed by atoms with Crippen molar-refractivity contribution in [2.45, 2.75) is 0 Å². The van der Waals surface area contributed by atoms with E-state index in [0.29, 0.717) is 10.8 Å². The summed E-state index contributed by atoms with van der Waals surface area (Å²) in [4.78, 5) is 22.7. The van der Waals surface area contributed by atoms with Crippen LogP contribution in [0.25, 0.3) is 0 Å². The zero-order valence-corrected chi connectivity index (χ0v) is 12.8. The van der Waals surface area contributed by atoms with Gasteiger partial charge in [-0.25, -0.2) is 4.79 Å². The van der Waals surface area contributed by atoms with Crippen molar-refractivity contribution in [3.05, 3.63) is 45.3 Å². The first-order chi connectivity index (χ1) is 9.97. The van der Waals surface area contributed by atoms with Gasteiger partial charge in [-0.15, -0.1) is 11.3 Å². The highest BCUT2D eigenvalue weighted by Crippen LogP contribution is 2.27. The minimum Gasteiger partial charge on any atom is -0.482 e. The Hall–Kier alpha value is -1.76. The van der Waals surface area contributed by atoms with E-state index in [0.717, 1.165) is 11.3 Å². The second kappa shape index (κ2) is 6.80. The fraction of sp³-hybridized carbons (Fsp3) is 0.0769. The van der Waals surface area contributed by atoms with Gasteiger partial charge in [-0.3, -0.25) is 4.79 Å². The monoisotopic (exact) mass is 345 g/mol. The molecule has 2 N–H and O–H groups in total. The smallest absolute Gasteiger partial charge is 0.338 e. The van der Waals surface area contributed by atoms with Crippen LogP contribution >= 0.6 is 34.5 Å². The lowest BCUT2D eigenvalue weighted by atomic mass is 10.3. The maximum atomic E-state index is 11.7. The number of ether oxygens (including phenoxy) is 1. The number of hydrogen-bond acceptors (Lipinski definition) is 4. The highest BCUT2D eigenvalue weighted by Gasteiger charge is 2.14. The van der Waals surface area contributed by atoms with E-state index in [1.165, 1.54) is 12.1 Å². The third-order valence-electron chi connectivity index (χ3n) is 2.40. The van der Waals surface area contributed by atoms with Gasteiger partial charge in [-0.1, -0.05) is 23.2 Å². The highest BCUT2D eigenvalue weighted by molar-refractivity contribution is 7.14. The van der Waals surface area contributed by atoms with E-state index in [4.69, 9.17) is 33.0 Å². The van der Waals surface area contributed by atoms with Gasteiger partial charge in [0.1, 0.15) is 10.8 Å². The Labute approximate surface area is 134 Å². The van der Waals surface area contributed by atoms with Crippen LogP contribution in [0.4, 0.5) is 5.00 Å². The van der Waals surface area contributed by atoms with Crippen molar-refractivity contribution < 1.29 is 19.4 Å². The number of carboxylic acids is 1. The van der Waals surface area contributed by atoms with Gasteiger partial charge < -0.3 is 15.2 Å². The molecular formula is C13H9Cl2NO4S. The molecular weight excluding hydrogens is 337 g/mol. The topological polar surface area (TPSA) is 75.6 Å². The summed E-state index contributed by atoms with van der Waals surface area (Å²) in [5, 5.41) is 14.0. The lowest BCUT2D eigenvalue weighted by Crippen LogP contribution is -2.20. The molecule has 110 valence electrons. The molecule has 1 amide bonds. The normalized spacial score (nSPS) is 10.2. The van der Waals surface area contributed by atoms with Crippen LogP contribution < -0.4 is 10.1 Å². The standard InChI is InChI=1S/C13H9Cl2NO4S/c14-7-1-2-10(9(15)5-7)20-6-11(17)16-12-8(13(18)19)3-4-21-12/h1-5H,6H2,(H,16,17)(H,18,19). The summed E-state index contributed by atoms with van der Waals surface area (Å²) in [7, 11) is 0. The van der Waals surface area contributed by atoms with Crippen LogP contribution in [0.2, 0.25) is 10.0 Å². The maximum absolute atomic E-state index is 11.7. The first kappa shape index (κ1) is 15.6. The molecule has 0 unspecified atom stereocenters. The average molecular weight is 346 g/mol. The Morgan fingerprint density at radius 3 is 2.71 bits per heavy atom. The fourth-order valence-electron chi connectivity index (χ4n) is 1.47. The number of carbonyl (C=O) groups excluding carboxylic acids is 1. The molecule has 0 saturated carbocycles. The first-order valence-corrected chi connectivity index (χ1v) is 7.29. The lowest BCUT2D eigenvalue weighted by Gasteiger charge is -2.08. The zero-order valence-electron chi connectivity index (χ0n) is 10.4. The number of rotatable bonds is 5. The van der Waals surface area contributed by atoms with Crippen LogP contribution in [0.15, 0.2) is 29.6 Å². The zero-order chi connectivity index (χ0) is 15.4. The number of anilines is 1. The number of amides is 1. The molecule has 0 saturated heterocycles. The Morgan fingerprint density at radius 1 is 1.29 bits per heavy atom. The van der Waals surface area contributed by atoms with Crippen LogP contribution in [0.3, 0.4) is 0 Å². The molecule has 1 aromatic heterocycles. The number of benzene rings is 1. The molecule has 0 bridgehead atoms. The van der Waals surface area contributed by atoms with E-state index in [1.54, 1.807) is 17.5 Å². The number of thiophene rings is 1. The molecule has 0 fully saturated rings. The van der Waals surface area contributed by atoms with Crippen molar-refractivity contribution in [3.63, 3.8) is 0 Å². The molecule has 0 atom stereocenters. The van der Waals surface area contributed by atoms with E-state index in [2.05, 4.69) is 5.32 Å². The summed E-state index contributed by atoms with van der Waals surface area (Å²) >= 11 is 12.8. The van der Waals surface area contributed by atoms with E-state index in [1.807, 2.05) is 0 Å². The van der Waals surface area contributed by atoms with Crippen molar-refractivity contribution in [3.8, 4) is 5.75 Å². The van der Waals surface area contributed by atoms with E-state index >= 15 is 0 Å². The molecule has 21 heavy (non-hydrogen) atoms. The van der Waals surface area contributed by atoms with Crippen LogP contribution in [-0.4, -0.2) is 23.6 Å². The summed E-state index contributed by atoms with van der Waals surface area (Å²) in [6.07, 6.45) is 0. The Kier molecular flexibility index (Phi) is 5.06. The first-order valence-electron chi connectivity index (χ1n) is 5.66. The second-order valence-electron chi connectivity index (χ2n) is 3.88. The summed E-state index contributed by atoms with van der Waals surface area (Å²) in [6.45, 7) is -0.293. The molecule has 2 aromatic rings. The van der Waals surface area contributed by atoms with Gasteiger partial charge >= 0.3 is 5.97 Å². The molecule has 0 aliphatic rings. The third kappa shape index (κ3) is 4.10. The largest absolute Gasteiger partial charge is 0.482 e. The van der Waals surface area contributed by atoms with Crippen LogP contribution in [0.1, 0.15) is 10.4 Å². The van der Waals surface area contributed by atoms with E-state index in [-0.39, 0.29) is 22.2 Å². The van der Waals surface area contributed by atoms with Gasteiger partial charge in [0.05, 0.1) is 10.6 Å². The van der Waals surface area contributed by atoms with Crippen molar-refractivity contribution >= 4 is 51.4 Å². The van der Waals surface area contributed by atoms with Crippen molar-refractivity contribution in [2.75, 3.05) is 11.9 Å². The van der Waals surface area contributed by atoms with Gasteiger partial charge in [0, 0.05) is 5.02 Å². The number of carbonyl (C=O) groups is 2. The summed E-state index contributed by atoms with van der Waals surface area (Å²) in [5.74, 6) is -1.26. The third-order valence-corrected chi connectivity index (χ3v) is 3.76. The molecule has 2 rings (SSSR count). The molecule has 0 aliphatic carbocycles.